The zero-order chi connectivity index (χ0) is 13.0. The Hall–Kier alpha value is -2.43. The van der Waals surface area contributed by atoms with Crippen LogP contribution in [0.2, 0.25) is 0 Å². The minimum absolute atomic E-state index is 0.197. The third kappa shape index (κ3) is 2.82. The molecule has 0 saturated carbocycles. The summed E-state index contributed by atoms with van der Waals surface area (Å²) < 4.78 is 0. The molecule has 0 aliphatic rings. The maximum absolute atomic E-state index is 10.8. The van der Waals surface area contributed by atoms with Gasteiger partial charge < -0.3 is 21.1 Å². The highest BCUT2D eigenvalue weighted by atomic mass is 16.4. The van der Waals surface area contributed by atoms with Crippen LogP contribution >= 0.6 is 0 Å². The van der Waals surface area contributed by atoms with Crippen molar-refractivity contribution in [3.8, 4) is 0 Å². The van der Waals surface area contributed by atoms with Crippen molar-refractivity contribution in [3.63, 3.8) is 0 Å². The van der Waals surface area contributed by atoms with Gasteiger partial charge in [-0.15, -0.1) is 0 Å². The van der Waals surface area contributed by atoms with E-state index < -0.39 is 5.97 Å². The number of hydrogen-bond acceptors (Lipinski definition) is 3. The molecule has 0 saturated heterocycles. The molecular formula is C13H15N3O2. The van der Waals surface area contributed by atoms with Crippen molar-refractivity contribution >= 4 is 17.3 Å². The van der Waals surface area contributed by atoms with Crippen LogP contribution in [0.1, 0.15) is 16.1 Å². The second-order valence-corrected chi connectivity index (χ2v) is 3.98. The van der Waals surface area contributed by atoms with Crippen molar-refractivity contribution in [2.45, 2.75) is 6.42 Å². The predicted octanol–water partition coefficient (Wildman–Crippen LogP) is 1.95. The molecule has 0 atom stereocenters. The number of aromatic carboxylic acids is 1. The number of nitrogens with one attached hydrogen (secondary N) is 2. The fourth-order valence-electron chi connectivity index (χ4n) is 1.71. The highest BCUT2D eigenvalue weighted by Gasteiger charge is 2.05. The molecule has 94 valence electrons. The summed E-state index contributed by atoms with van der Waals surface area (Å²) in [5, 5.41) is 12.0. The van der Waals surface area contributed by atoms with E-state index in [1.54, 1.807) is 6.07 Å². The van der Waals surface area contributed by atoms with Gasteiger partial charge >= 0.3 is 5.97 Å². The third-order valence-electron chi connectivity index (χ3n) is 2.67. The summed E-state index contributed by atoms with van der Waals surface area (Å²) in [5.74, 6) is -0.973. The summed E-state index contributed by atoms with van der Waals surface area (Å²) in [6.07, 6.45) is 2.73. The maximum atomic E-state index is 10.8. The molecular weight excluding hydrogens is 230 g/mol. The van der Waals surface area contributed by atoms with E-state index in [-0.39, 0.29) is 5.56 Å². The quantitative estimate of drug-likeness (QED) is 0.606. The van der Waals surface area contributed by atoms with E-state index in [0.717, 1.165) is 24.3 Å². The molecule has 5 heteroatoms. The van der Waals surface area contributed by atoms with Crippen LogP contribution in [0.3, 0.4) is 0 Å². The van der Waals surface area contributed by atoms with E-state index in [1.165, 1.54) is 12.1 Å². The van der Waals surface area contributed by atoms with Gasteiger partial charge in [0, 0.05) is 24.9 Å². The molecule has 0 spiro atoms. The van der Waals surface area contributed by atoms with Gasteiger partial charge in [-0.1, -0.05) is 0 Å². The first kappa shape index (κ1) is 12.0. The Kier molecular flexibility index (Phi) is 3.52. The standard InChI is InChI=1S/C13H15N3O2/c14-11-8-9(13(17)18)3-4-12(11)16-7-5-10-2-1-6-15-10/h1-4,6,8,15-16H,5,7,14H2,(H,17,18). The average Bonchev–Trinajstić information content (AvgIpc) is 2.84. The number of aromatic nitrogens is 1. The summed E-state index contributed by atoms with van der Waals surface area (Å²) in [5.41, 5.74) is 8.33. The minimum Gasteiger partial charge on any atom is -0.478 e. The van der Waals surface area contributed by atoms with Crippen molar-refractivity contribution < 1.29 is 9.90 Å². The monoisotopic (exact) mass is 245 g/mol. The average molecular weight is 245 g/mol. The maximum Gasteiger partial charge on any atom is 0.335 e. The molecule has 0 unspecified atom stereocenters. The van der Waals surface area contributed by atoms with Gasteiger partial charge in [0.25, 0.3) is 0 Å². The zero-order valence-electron chi connectivity index (χ0n) is 9.81. The molecule has 2 rings (SSSR count). The summed E-state index contributed by atoms with van der Waals surface area (Å²) in [6, 6.07) is 8.65. The van der Waals surface area contributed by atoms with E-state index >= 15 is 0 Å². The van der Waals surface area contributed by atoms with Gasteiger partial charge in [-0.05, 0) is 30.3 Å². The molecule has 0 amide bonds. The van der Waals surface area contributed by atoms with E-state index in [9.17, 15) is 4.79 Å². The van der Waals surface area contributed by atoms with Crippen molar-refractivity contribution in [3.05, 3.63) is 47.8 Å². The van der Waals surface area contributed by atoms with Gasteiger partial charge in [-0.3, -0.25) is 0 Å². The van der Waals surface area contributed by atoms with Gasteiger partial charge in [-0.25, -0.2) is 4.79 Å². The number of nitrogen functional groups attached to an aromatic ring is 1. The molecule has 0 aliphatic heterocycles. The highest BCUT2D eigenvalue weighted by Crippen LogP contribution is 2.19. The number of nitrogens with two attached hydrogens (primary N) is 1. The van der Waals surface area contributed by atoms with Gasteiger partial charge in [0.05, 0.1) is 16.9 Å². The normalized spacial score (nSPS) is 10.2. The van der Waals surface area contributed by atoms with Crippen LogP contribution in [0.4, 0.5) is 11.4 Å². The Morgan fingerprint density at radius 1 is 1.39 bits per heavy atom. The summed E-state index contributed by atoms with van der Waals surface area (Å²) >= 11 is 0. The molecule has 1 heterocycles. The fourth-order valence-corrected chi connectivity index (χ4v) is 1.71. The Bertz CT molecular complexity index is 535. The molecule has 0 aliphatic carbocycles. The number of hydrogen-bond donors (Lipinski definition) is 4. The van der Waals surface area contributed by atoms with E-state index in [2.05, 4.69) is 10.3 Å². The van der Waals surface area contributed by atoms with Crippen LogP contribution in [-0.2, 0) is 6.42 Å². The Morgan fingerprint density at radius 3 is 2.83 bits per heavy atom. The van der Waals surface area contributed by atoms with Crippen LogP contribution in [-0.4, -0.2) is 22.6 Å². The van der Waals surface area contributed by atoms with Crippen LogP contribution in [0.5, 0.6) is 0 Å². The van der Waals surface area contributed by atoms with E-state index in [1.807, 2.05) is 18.3 Å². The first-order valence-corrected chi connectivity index (χ1v) is 5.66. The lowest BCUT2D eigenvalue weighted by Crippen LogP contribution is -2.08. The number of aromatic amines is 1. The lowest BCUT2D eigenvalue weighted by Gasteiger charge is -2.09. The lowest BCUT2D eigenvalue weighted by molar-refractivity contribution is 0.0697. The molecule has 1 aromatic heterocycles. The van der Waals surface area contributed by atoms with Gasteiger partial charge in [-0.2, -0.15) is 0 Å². The number of carbonyl (C=O) groups is 1. The van der Waals surface area contributed by atoms with Crippen molar-refractivity contribution in [1.29, 1.82) is 0 Å². The Labute approximate surface area is 105 Å². The number of H-pyrrole nitrogens is 1. The molecule has 5 N–H and O–H groups in total. The van der Waals surface area contributed by atoms with Crippen LogP contribution in [0, 0.1) is 0 Å². The van der Waals surface area contributed by atoms with Crippen molar-refractivity contribution in [2.75, 3.05) is 17.6 Å². The Balaban J connectivity index is 1.95. The summed E-state index contributed by atoms with van der Waals surface area (Å²) in [4.78, 5) is 13.9. The largest absolute Gasteiger partial charge is 0.478 e. The number of benzene rings is 1. The van der Waals surface area contributed by atoms with Crippen LogP contribution < -0.4 is 11.1 Å². The number of carboxylic acid groups (broad SMARTS) is 1. The molecule has 0 fully saturated rings. The fraction of sp³-hybridized carbons (Fsp3) is 0.154. The van der Waals surface area contributed by atoms with E-state index in [4.69, 9.17) is 10.8 Å². The highest BCUT2D eigenvalue weighted by molar-refractivity contribution is 5.90. The molecule has 1 aromatic carbocycles. The summed E-state index contributed by atoms with van der Waals surface area (Å²) in [6.45, 7) is 0.733. The van der Waals surface area contributed by atoms with E-state index in [0.29, 0.717) is 5.69 Å². The second kappa shape index (κ2) is 5.27. The molecule has 0 radical (unpaired) electrons. The zero-order valence-corrected chi connectivity index (χ0v) is 9.81. The first-order valence-electron chi connectivity index (χ1n) is 5.66. The number of anilines is 2. The van der Waals surface area contributed by atoms with Gasteiger partial charge in [0.15, 0.2) is 0 Å². The molecule has 5 nitrogen and oxygen atoms in total. The summed E-state index contributed by atoms with van der Waals surface area (Å²) in [7, 11) is 0. The second-order valence-electron chi connectivity index (χ2n) is 3.98. The minimum atomic E-state index is -0.973. The molecule has 2 aromatic rings. The van der Waals surface area contributed by atoms with Crippen molar-refractivity contribution in [1.82, 2.24) is 4.98 Å². The smallest absolute Gasteiger partial charge is 0.335 e. The topological polar surface area (TPSA) is 91.1 Å². The Morgan fingerprint density at radius 2 is 2.22 bits per heavy atom. The van der Waals surface area contributed by atoms with Gasteiger partial charge in [0.1, 0.15) is 0 Å². The number of rotatable bonds is 5. The third-order valence-corrected chi connectivity index (χ3v) is 2.67. The van der Waals surface area contributed by atoms with Crippen LogP contribution in [0.15, 0.2) is 36.5 Å². The first-order chi connectivity index (χ1) is 8.66. The van der Waals surface area contributed by atoms with Crippen LogP contribution in [0.25, 0.3) is 0 Å². The molecule has 0 bridgehead atoms. The molecule has 18 heavy (non-hydrogen) atoms. The predicted molar refractivity (Wildman–Crippen MR) is 70.8 cm³/mol. The van der Waals surface area contributed by atoms with Crippen molar-refractivity contribution in [2.24, 2.45) is 0 Å². The lowest BCUT2D eigenvalue weighted by atomic mass is 10.1. The van der Waals surface area contributed by atoms with Gasteiger partial charge in [0.2, 0.25) is 0 Å². The number of carboxylic acids is 1. The SMILES string of the molecule is Nc1cc(C(=O)O)ccc1NCCc1ccc[nH]1.